The van der Waals surface area contributed by atoms with Gasteiger partial charge >= 0.3 is 0 Å². The fraction of sp³-hybridized carbons (Fsp3) is 0.190. The number of rotatable bonds is 7. The molecule has 0 saturated carbocycles. The zero-order valence-electron chi connectivity index (χ0n) is 26.1. The lowest BCUT2D eigenvalue weighted by atomic mass is 9.92. The summed E-state index contributed by atoms with van der Waals surface area (Å²) < 4.78 is 0. The third kappa shape index (κ3) is 4.57. The summed E-state index contributed by atoms with van der Waals surface area (Å²) in [6, 6.07) is 39.8. The summed E-state index contributed by atoms with van der Waals surface area (Å²) in [7, 11) is 0. The van der Waals surface area contributed by atoms with E-state index in [4.69, 9.17) is 9.98 Å². The summed E-state index contributed by atoms with van der Waals surface area (Å²) in [5, 5.41) is 5.01. The second kappa shape index (κ2) is 11.7. The molecule has 0 fully saturated rings. The summed E-state index contributed by atoms with van der Waals surface area (Å²) in [4.78, 5) is 11.1. The van der Waals surface area contributed by atoms with Crippen LogP contribution in [0.1, 0.15) is 61.1 Å². The van der Waals surface area contributed by atoms with Crippen LogP contribution >= 0.6 is 0 Å². The van der Waals surface area contributed by atoms with Crippen LogP contribution in [-0.2, 0) is 25.7 Å². The van der Waals surface area contributed by atoms with Crippen LogP contribution < -0.4 is 0 Å². The number of aryl methyl sites for hydroxylation is 4. The smallest absolute Gasteiger partial charge is 0.0979 e. The van der Waals surface area contributed by atoms with Gasteiger partial charge in [0.25, 0.3) is 0 Å². The molecule has 44 heavy (non-hydrogen) atoms. The molecular formula is C42H38N2. The average Bonchev–Trinajstić information content (AvgIpc) is 3.37. The van der Waals surface area contributed by atoms with E-state index in [1.54, 1.807) is 0 Å². The zero-order chi connectivity index (χ0) is 30.2. The first-order valence-electron chi connectivity index (χ1n) is 16.1. The van der Waals surface area contributed by atoms with E-state index < -0.39 is 0 Å². The molecule has 1 aliphatic rings. The van der Waals surface area contributed by atoms with Gasteiger partial charge in [-0.05, 0) is 75.2 Å². The number of aliphatic imine (C=N–C) groups is 2. The van der Waals surface area contributed by atoms with Crippen LogP contribution in [0.25, 0.3) is 32.7 Å². The molecule has 7 rings (SSSR count). The highest BCUT2D eigenvalue weighted by atomic mass is 14.8. The van der Waals surface area contributed by atoms with Gasteiger partial charge in [-0.1, -0.05) is 137 Å². The van der Waals surface area contributed by atoms with Crippen molar-refractivity contribution >= 4 is 44.3 Å². The van der Waals surface area contributed by atoms with E-state index in [1.165, 1.54) is 66.1 Å². The largest absolute Gasteiger partial charge is 0.246 e. The summed E-state index contributed by atoms with van der Waals surface area (Å²) in [5.74, 6) is 0. The Morgan fingerprint density at radius 2 is 0.795 bits per heavy atom. The van der Waals surface area contributed by atoms with Gasteiger partial charge in [-0.25, -0.2) is 9.98 Å². The standard InChI is InChI=1S/C42H38N2/c1-5-27-16-11-17-28(6-2)39(27)43-41-36-24-14-23-35-34(33-22-13-20-31-15-9-10-21-32(31)33)25-26-37(38(35)36)42(41)44-40-29(7-3)18-12-19-30(40)8-4/h9-26H,5-8H2,1-4H3. The van der Waals surface area contributed by atoms with Crippen LogP contribution in [0, 0.1) is 0 Å². The van der Waals surface area contributed by atoms with Gasteiger partial charge in [-0.3, -0.25) is 0 Å². The van der Waals surface area contributed by atoms with Crippen molar-refractivity contribution in [2.45, 2.75) is 53.4 Å². The minimum Gasteiger partial charge on any atom is -0.246 e. The maximum atomic E-state index is 5.57. The summed E-state index contributed by atoms with van der Waals surface area (Å²) in [6.45, 7) is 8.89. The van der Waals surface area contributed by atoms with E-state index in [0.29, 0.717) is 0 Å². The van der Waals surface area contributed by atoms with E-state index in [1.807, 2.05) is 0 Å². The van der Waals surface area contributed by atoms with Crippen LogP contribution in [0.2, 0.25) is 0 Å². The molecule has 0 spiro atoms. The highest BCUT2D eigenvalue weighted by Crippen LogP contribution is 2.42. The van der Waals surface area contributed by atoms with Crippen molar-refractivity contribution in [1.82, 2.24) is 0 Å². The molecule has 0 aromatic heterocycles. The quantitative estimate of drug-likeness (QED) is 0.182. The Kier molecular flexibility index (Phi) is 7.44. The van der Waals surface area contributed by atoms with Crippen molar-refractivity contribution in [3.05, 3.63) is 143 Å². The number of hydrogen-bond acceptors (Lipinski definition) is 2. The molecule has 0 unspecified atom stereocenters. The highest BCUT2D eigenvalue weighted by molar-refractivity contribution is 6.61. The van der Waals surface area contributed by atoms with E-state index in [9.17, 15) is 0 Å². The van der Waals surface area contributed by atoms with Gasteiger partial charge in [0.2, 0.25) is 0 Å². The lowest BCUT2D eigenvalue weighted by molar-refractivity contribution is 1.08. The van der Waals surface area contributed by atoms with Crippen LogP contribution in [-0.4, -0.2) is 11.4 Å². The predicted molar refractivity (Wildman–Crippen MR) is 190 cm³/mol. The monoisotopic (exact) mass is 570 g/mol. The van der Waals surface area contributed by atoms with Gasteiger partial charge < -0.3 is 0 Å². The summed E-state index contributed by atoms with van der Waals surface area (Å²) in [5.41, 5.74) is 14.1. The molecule has 6 aromatic rings. The van der Waals surface area contributed by atoms with Gasteiger partial charge in [0, 0.05) is 16.5 Å². The third-order valence-electron chi connectivity index (χ3n) is 9.23. The minimum absolute atomic E-state index is 0.938. The molecule has 0 amide bonds. The normalized spacial score (nSPS) is 14.4. The molecule has 6 aromatic carbocycles. The molecule has 1 aliphatic carbocycles. The fourth-order valence-corrected chi connectivity index (χ4v) is 6.92. The molecule has 0 radical (unpaired) electrons. The first kappa shape index (κ1) is 28.0. The SMILES string of the molecule is CCc1cccc(CC)c1N=C1C(=Nc2c(CC)cccc2CC)c2ccc(-c3cccc4ccccc34)c3cccc1c23. The number of para-hydroxylation sites is 2. The topological polar surface area (TPSA) is 24.7 Å². The van der Waals surface area contributed by atoms with E-state index in [2.05, 4.69) is 137 Å². The van der Waals surface area contributed by atoms with Crippen LogP contribution in [0.15, 0.2) is 119 Å². The first-order chi connectivity index (χ1) is 21.7. The fourth-order valence-electron chi connectivity index (χ4n) is 6.92. The Labute approximate surface area is 260 Å². The molecule has 0 saturated heterocycles. The third-order valence-corrected chi connectivity index (χ3v) is 9.23. The lowest BCUT2D eigenvalue weighted by Gasteiger charge is -2.13. The number of nitrogens with zero attached hydrogens (tertiary/aromatic N) is 2. The minimum atomic E-state index is 0.938. The van der Waals surface area contributed by atoms with E-state index >= 15 is 0 Å². The number of fused-ring (bicyclic) bond motifs is 1. The number of benzene rings is 6. The first-order valence-corrected chi connectivity index (χ1v) is 16.1. The Hall–Kier alpha value is -4.82. The highest BCUT2D eigenvalue weighted by Gasteiger charge is 2.29. The van der Waals surface area contributed by atoms with E-state index in [0.717, 1.165) is 48.5 Å². The lowest BCUT2D eigenvalue weighted by Crippen LogP contribution is -2.11. The Balaban J connectivity index is 1.56. The molecule has 0 N–H and O–H groups in total. The van der Waals surface area contributed by atoms with Crippen molar-refractivity contribution in [1.29, 1.82) is 0 Å². The maximum absolute atomic E-state index is 5.57. The van der Waals surface area contributed by atoms with Crippen molar-refractivity contribution in [2.24, 2.45) is 9.98 Å². The second-order valence-electron chi connectivity index (χ2n) is 11.6. The molecule has 0 aliphatic heterocycles. The Morgan fingerprint density at radius 1 is 0.386 bits per heavy atom. The molecule has 0 bridgehead atoms. The van der Waals surface area contributed by atoms with Crippen LogP contribution in [0.3, 0.4) is 0 Å². The Bertz CT molecular complexity index is 1980. The van der Waals surface area contributed by atoms with Crippen molar-refractivity contribution < 1.29 is 0 Å². The molecule has 0 heterocycles. The van der Waals surface area contributed by atoms with Gasteiger partial charge in [0.1, 0.15) is 0 Å². The molecular weight excluding hydrogens is 532 g/mol. The molecule has 2 nitrogen and oxygen atoms in total. The molecule has 2 heteroatoms. The predicted octanol–water partition coefficient (Wildman–Crippen LogP) is 11.2. The summed E-state index contributed by atoms with van der Waals surface area (Å²) >= 11 is 0. The number of hydrogen-bond donors (Lipinski definition) is 0. The van der Waals surface area contributed by atoms with Gasteiger partial charge in [-0.2, -0.15) is 0 Å². The van der Waals surface area contributed by atoms with E-state index in [-0.39, 0.29) is 0 Å². The van der Waals surface area contributed by atoms with Crippen molar-refractivity contribution in [3.63, 3.8) is 0 Å². The van der Waals surface area contributed by atoms with Gasteiger partial charge in [-0.15, -0.1) is 0 Å². The van der Waals surface area contributed by atoms with Crippen molar-refractivity contribution in [3.8, 4) is 11.1 Å². The average molecular weight is 571 g/mol. The van der Waals surface area contributed by atoms with Crippen molar-refractivity contribution in [2.75, 3.05) is 0 Å². The second-order valence-corrected chi connectivity index (χ2v) is 11.6. The maximum Gasteiger partial charge on any atom is 0.0979 e. The Morgan fingerprint density at radius 3 is 1.39 bits per heavy atom. The zero-order valence-corrected chi connectivity index (χ0v) is 26.1. The molecule has 216 valence electrons. The molecule has 0 atom stereocenters. The summed E-state index contributed by atoms with van der Waals surface area (Å²) in [6.07, 6.45) is 3.75. The van der Waals surface area contributed by atoms with Gasteiger partial charge in [0.15, 0.2) is 0 Å². The van der Waals surface area contributed by atoms with Gasteiger partial charge in [0.05, 0.1) is 22.8 Å². The van der Waals surface area contributed by atoms with Crippen LogP contribution in [0.4, 0.5) is 11.4 Å². The van der Waals surface area contributed by atoms with Crippen LogP contribution in [0.5, 0.6) is 0 Å².